The van der Waals surface area contributed by atoms with E-state index in [4.69, 9.17) is 4.74 Å². The van der Waals surface area contributed by atoms with Crippen molar-refractivity contribution in [2.24, 2.45) is 5.92 Å². The highest BCUT2D eigenvalue weighted by molar-refractivity contribution is 7.22. The molecular formula is C17H14N2O2S. The first kappa shape index (κ1) is 13.3. The maximum Gasteiger partial charge on any atom is 0.233 e. The van der Waals surface area contributed by atoms with Gasteiger partial charge >= 0.3 is 0 Å². The maximum absolute atomic E-state index is 12.4. The molecule has 1 aromatic heterocycles. The molecule has 1 aliphatic rings. The summed E-state index contributed by atoms with van der Waals surface area (Å²) in [6.45, 7) is 0.410. The quantitative estimate of drug-likeness (QED) is 0.788. The van der Waals surface area contributed by atoms with Gasteiger partial charge in [0, 0.05) is 0 Å². The lowest BCUT2D eigenvalue weighted by molar-refractivity contribution is -0.121. The molecule has 22 heavy (non-hydrogen) atoms. The number of nitrogens with zero attached hydrogens (tertiary/aromatic N) is 1. The zero-order chi connectivity index (χ0) is 14.9. The Morgan fingerprint density at radius 2 is 2.00 bits per heavy atom. The number of carbonyl (C=O) groups is 1. The molecule has 1 atom stereocenters. The highest BCUT2D eigenvalue weighted by atomic mass is 32.1. The van der Waals surface area contributed by atoms with E-state index in [-0.39, 0.29) is 11.8 Å². The third-order valence-electron chi connectivity index (χ3n) is 3.77. The molecule has 0 radical (unpaired) electrons. The molecule has 0 aliphatic carbocycles. The van der Waals surface area contributed by atoms with Crippen LogP contribution in [0.25, 0.3) is 10.2 Å². The predicted molar refractivity (Wildman–Crippen MR) is 87.4 cm³/mol. The number of thiazole rings is 1. The van der Waals surface area contributed by atoms with Crippen LogP contribution >= 0.6 is 11.3 Å². The van der Waals surface area contributed by atoms with Crippen molar-refractivity contribution in [3.63, 3.8) is 0 Å². The normalized spacial score (nSPS) is 16.8. The van der Waals surface area contributed by atoms with Crippen LogP contribution in [0.15, 0.2) is 48.5 Å². The van der Waals surface area contributed by atoms with Gasteiger partial charge in [-0.05, 0) is 30.2 Å². The van der Waals surface area contributed by atoms with Crippen molar-refractivity contribution in [3.8, 4) is 5.75 Å². The Morgan fingerprint density at radius 3 is 2.91 bits per heavy atom. The minimum Gasteiger partial charge on any atom is -0.492 e. The van der Waals surface area contributed by atoms with E-state index in [2.05, 4.69) is 10.3 Å². The largest absolute Gasteiger partial charge is 0.492 e. The van der Waals surface area contributed by atoms with Gasteiger partial charge in [-0.3, -0.25) is 4.79 Å². The number of amides is 1. The summed E-state index contributed by atoms with van der Waals surface area (Å²) >= 11 is 1.49. The van der Waals surface area contributed by atoms with E-state index >= 15 is 0 Å². The minimum atomic E-state index is -0.179. The van der Waals surface area contributed by atoms with Crippen LogP contribution in [-0.2, 0) is 11.2 Å². The average Bonchev–Trinajstić information content (AvgIpc) is 2.96. The van der Waals surface area contributed by atoms with E-state index in [0.29, 0.717) is 18.2 Å². The Morgan fingerprint density at radius 1 is 1.18 bits per heavy atom. The number of rotatable bonds is 2. The van der Waals surface area contributed by atoms with Gasteiger partial charge in [0.15, 0.2) is 5.13 Å². The summed E-state index contributed by atoms with van der Waals surface area (Å²) in [7, 11) is 0. The summed E-state index contributed by atoms with van der Waals surface area (Å²) in [4.78, 5) is 16.9. The number of benzene rings is 2. The van der Waals surface area contributed by atoms with Crippen molar-refractivity contribution < 1.29 is 9.53 Å². The fraction of sp³-hybridized carbons (Fsp3) is 0.176. The fourth-order valence-corrected chi connectivity index (χ4v) is 3.50. The molecule has 0 saturated heterocycles. The van der Waals surface area contributed by atoms with E-state index in [0.717, 1.165) is 21.5 Å². The SMILES string of the molecule is O=C(Nc1nc2ccccc2s1)[C@H]1COc2ccccc2C1. The van der Waals surface area contributed by atoms with Crippen molar-refractivity contribution in [1.29, 1.82) is 0 Å². The smallest absolute Gasteiger partial charge is 0.233 e. The number of para-hydroxylation sites is 2. The lowest BCUT2D eigenvalue weighted by Crippen LogP contribution is -2.32. The van der Waals surface area contributed by atoms with Gasteiger partial charge in [0.1, 0.15) is 12.4 Å². The number of aromatic nitrogens is 1. The van der Waals surface area contributed by atoms with Crippen molar-refractivity contribution in [2.75, 3.05) is 11.9 Å². The van der Waals surface area contributed by atoms with Gasteiger partial charge in [0.2, 0.25) is 5.91 Å². The Labute approximate surface area is 131 Å². The van der Waals surface area contributed by atoms with Crippen LogP contribution < -0.4 is 10.1 Å². The van der Waals surface area contributed by atoms with Crippen LogP contribution in [0, 0.1) is 5.92 Å². The fourth-order valence-electron chi connectivity index (χ4n) is 2.63. The molecule has 4 rings (SSSR count). The average molecular weight is 310 g/mol. The van der Waals surface area contributed by atoms with Gasteiger partial charge in [0.05, 0.1) is 16.1 Å². The van der Waals surface area contributed by atoms with E-state index in [1.165, 1.54) is 11.3 Å². The number of nitrogens with one attached hydrogen (secondary N) is 1. The Hall–Kier alpha value is -2.40. The van der Waals surface area contributed by atoms with Crippen LogP contribution in [0.5, 0.6) is 5.75 Å². The van der Waals surface area contributed by atoms with Crippen LogP contribution in [-0.4, -0.2) is 17.5 Å². The summed E-state index contributed by atoms with van der Waals surface area (Å²) in [5.41, 5.74) is 1.99. The standard InChI is InChI=1S/C17H14N2O2S/c20-16(12-9-11-5-1-3-7-14(11)21-10-12)19-17-18-13-6-2-4-8-15(13)22-17/h1-8,12H,9-10H2,(H,18,19,20)/t12-/m1/s1. The number of hydrogen-bond donors (Lipinski definition) is 1. The van der Waals surface area contributed by atoms with Crippen molar-refractivity contribution in [3.05, 3.63) is 54.1 Å². The summed E-state index contributed by atoms with van der Waals surface area (Å²) in [6, 6.07) is 15.7. The molecule has 0 unspecified atom stereocenters. The number of ether oxygens (including phenoxy) is 1. The third-order valence-corrected chi connectivity index (χ3v) is 4.73. The summed E-state index contributed by atoms with van der Waals surface area (Å²) < 4.78 is 6.75. The van der Waals surface area contributed by atoms with Crippen LogP contribution in [0.2, 0.25) is 0 Å². The molecule has 2 heterocycles. The van der Waals surface area contributed by atoms with Gasteiger partial charge in [0.25, 0.3) is 0 Å². The number of carbonyl (C=O) groups excluding carboxylic acids is 1. The van der Waals surface area contributed by atoms with Gasteiger partial charge in [-0.2, -0.15) is 0 Å². The topological polar surface area (TPSA) is 51.2 Å². The second kappa shape index (κ2) is 5.42. The lowest BCUT2D eigenvalue weighted by atomic mass is 9.96. The van der Waals surface area contributed by atoms with Crippen molar-refractivity contribution in [1.82, 2.24) is 4.98 Å². The third kappa shape index (κ3) is 2.44. The molecule has 1 aliphatic heterocycles. The van der Waals surface area contributed by atoms with Crippen LogP contribution in [0.4, 0.5) is 5.13 Å². The van der Waals surface area contributed by atoms with E-state index in [9.17, 15) is 4.79 Å². The second-order valence-electron chi connectivity index (χ2n) is 5.30. The molecule has 110 valence electrons. The number of fused-ring (bicyclic) bond motifs is 2. The molecular weight excluding hydrogens is 296 g/mol. The van der Waals surface area contributed by atoms with Gasteiger partial charge in [-0.1, -0.05) is 41.7 Å². The predicted octanol–water partition coefficient (Wildman–Crippen LogP) is 3.49. The summed E-state index contributed by atoms with van der Waals surface area (Å²) in [5.74, 6) is 0.669. The van der Waals surface area contributed by atoms with Gasteiger partial charge < -0.3 is 10.1 Å². The Kier molecular flexibility index (Phi) is 3.27. The highest BCUT2D eigenvalue weighted by Gasteiger charge is 2.26. The first-order valence-corrected chi connectivity index (χ1v) is 7.98. The van der Waals surface area contributed by atoms with E-state index < -0.39 is 0 Å². The molecule has 1 N–H and O–H groups in total. The minimum absolute atomic E-state index is 0.0337. The molecule has 5 heteroatoms. The monoisotopic (exact) mass is 310 g/mol. The molecule has 0 saturated carbocycles. The molecule has 1 amide bonds. The van der Waals surface area contributed by atoms with E-state index in [1.807, 2.05) is 48.5 Å². The molecule has 0 spiro atoms. The zero-order valence-electron chi connectivity index (χ0n) is 11.8. The molecule has 2 aromatic carbocycles. The first-order chi connectivity index (χ1) is 10.8. The van der Waals surface area contributed by atoms with Crippen LogP contribution in [0.1, 0.15) is 5.56 Å². The summed E-state index contributed by atoms with van der Waals surface area (Å²) in [5, 5.41) is 3.56. The highest BCUT2D eigenvalue weighted by Crippen LogP contribution is 2.29. The Balaban J connectivity index is 1.51. The second-order valence-corrected chi connectivity index (χ2v) is 6.33. The van der Waals surface area contributed by atoms with Gasteiger partial charge in [-0.15, -0.1) is 0 Å². The number of anilines is 1. The maximum atomic E-state index is 12.4. The molecule has 0 bridgehead atoms. The molecule has 0 fully saturated rings. The van der Waals surface area contributed by atoms with E-state index in [1.54, 1.807) is 0 Å². The van der Waals surface area contributed by atoms with Crippen LogP contribution in [0.3, 0.4) is 0 Å². The van der Waals surface area contributed by atoms with Gasteiger partial charge in [-0.25, -0.2) is 4.98 Å². The summed E-state index contributed by atoms with van der Waals surface area (Å²) in [6.07, 6.45) is 0.701. The zero-order valence-corrected chi connectivity index (χ0v) is 12.6. The number of hydrogen-bond acceptors (Lipinski definition) is 4. The Bertz CT molecular complexity index is 810. The van der Waals surface area contributed by atoms with Crippen molar-refractivity contribution >= 4 is 32.6 Å². The molecule has 4 nitrogen and oxygen atoms in total. The first-order valence-electron chi connectivity index (χ1n) is 7.17. The lowest BCUT2D eigenvalue weighted by Gasteiger charge is -2.24. The molecule has 3 aromatic rings. The van der Waals surface area contributed by atoms with Crippen molar-refractivity contribution in [2.45, 2.75) is 6.42 Å².